The molecule has 2 aliphatic heterocycles. The van der Waals surface area contributed by atoms with E-state index in [9.17, 15) is 9.59 Å². The highest BCUT2D eigenvalue weighted by Gasteiger charge is 2.41. The van der Waals surface area contributed by atoms with E-state index < -0.39 is 0 Å². The maximum Gasteiger partial charge on any atom is 0.230 e. The number of hydrogen-bond donors (Lipinski definition) is 0. The summed E-state index contributed by atoms with van der Waals surface area (Å²) in [6.07, 6.45) is 0.827. The second kappa shape index (κ2) is 3.35. The zero-order valence-electron chi connectivity index (χ0n) is 8.69. The van der Waals surface area contributed by atoms with Gasteiger partial charge >= 0.3 is 0 Å². The highest BCUT2D eigenvalue weighted by atomic mass is 16.2. The molecule has 2 saturated heterocycles. The quantitative estimate of drug-likeness (QED) is 0.593. The monoisotopic (exact) mass is 196 g/mol. The fourth-order valence-corrected chi connectivity index (χ4v) is 2.07. The largest absolute Gasteiger partial charge is 0.297 e. The van der Waals surface area contributed by atoms with Gasteiger partial charge in [0.1, 0.15) is 0 Å². The van der Waals surface area contributed by atoms with E-state index >= 15 is 0 Å². The molecule has 0 radical (unpaired) electrons. The Morgan fingerprint density at radius 1 is 1.14 bits per heavy atom. The maximum absolute atomic E-state index is 11.4. The van der Waals surface area contributed by atoms with Gasteiger partial charge in [-0.1, -0.05) is 0 Å². The first-order valence-corrected chi connectivity index (χ1v) is 5.18. The standard InChI is InChI=1S/C10H16N2O2/c1-7(2)11-5-8(6-11)12-9(13)3-4-10(12)14/h7-8H,3-6H2,1-2H3. The fraction of sp³-hybridized carbons (Fsp3) is 0.800. The topological polar surface area (TPSA) is 40.6 Å². The predicted octanol–water partition coefficient (Wildman–Crippen LogP) is 0.228. The fourth-order valence-electron chi connectivity index (χ4n) is 2.07. The van der Waals surface area contributed by atoms with Crippen molar-refractivity contribution in [3.05, 3.63) is 0 Å². The summed E-state index contributed by atoms with van der Waals surface area (Å²) in [5, 5.41) is 0. The minimum Gasteiger partial charge on any atom is -0.297 e. The lowest BCUT2D eigenvalue weighted by Crippen LogP contribution is -2.62. The molecule has 78 valence electrons. The first-order chi connectivity index (χ1) is 6.59. The van der Waals surface area contributed by atoms with E-state index in [0.717, 1.165) is 13.1 Å². The molecule has 0 bridgehead atoms. The average Bonchev–Trinajstić information content (AvgIpc) is 2.32. The highest BCUT2D eigenvalue weighted by molar-refractivity contribution is 6.02. The minimum absolute atomic E-state index is 0.0170. The van der Waals surface area contributed by atoms with Crippen LogP contribution in [0.15, 0.2) is 0 Å². The van der Waals surface area contributed by atoms with Crippen LogP contribution in [-0.4, -0.2) is 46.8 Å². The molecule has 14 heavy (non-hydrogen) atoms. The number of rotatable bonds is 2. The Kier molecular flexibility index (Phi) is 2.31. The zero-order valence-corrected chi connectivity index (χ0v) is 8.69. The number of carbonyl (C=O) groups is 2. The van der Waals surface area contributed by atoms with E-state index in [1.807, 2.05) is 0 Å². The Balaban J connectivity index is 1.93. The molecule has 0 saturated carbocycles. The van der Waals surface area contributed by atoms with Crippen molar-refractivity contribution >= 4 is 11.8 Å². The summed E-state index contributed by atoms with van der Waals surface area (Å²) in [4.78, 5) is 26.5. The van der Waals surface area contributed by atoms with Gasteiger partial charge in [0.2, 0.25) is 11.8 Å². The van der Waals surface area contributed by atoms with E-state index in [-0.39, 0.29) is 17.9 Å². The summed E-state index contributed by atoms with van der Waals surface area (Å²) in [6.45, 7) is 5.97. The van der Waals surface area contributed by atoms with E-state index in [2.05, 4.69) is 18.7 Å². The summed E-state index contributed by atoms with van der Waals surface area (Å²) in [5.41, 5.74) is 0. The van der Waals surface area contributed by atoms with Crippen LogP contribution >= 0.6 is 0 Å². The molecule has 2 aliphatic rings. The van der Waals surface area contributed by atoms with Gasteiger partial charge in [-0.2, -0.15) is 0 Å². The molecule has 2 heterocycles. The smallest absolute Gasteiger partial charge is 0.230 e. The van der Waals surface area contributed by atoms with Gasteiger partial charge in [-0.15, -0.1) is 0 Å². The Hall–Kier alpha value is -0.900. The van der Waals surface area contributed by atoms with Gasteiger partial charge in [-0.05, 0) is 13.8 Å². The molecule has 0 unspecified atom stereocenters. The lowest BCUT2D eigenvalue weighted by molar-refractivity contribution is -0.145. The SMILES string of the molecule is CC(C)N1CC(N2C(=O)CCC2=O)C1. The van der Waals surface area contributed by atoms with Gasteiger partial charge < -0.3 is 0 Å². The van der Waals surface area contributed by atoms with Crippen LogP contribution in [0.25, 0.3) is 0 Å². The molecular formula is C10H16N2O2. The number of carbonyl (C=O) groups excluding carboxylic acids is 2. The third-order valence-corrected chi connectivity index (χ3v) is 3.08. The molecule has 4 nitrogen and oxygen atoms in total. The van der Waals surface area contributed by atoms with Crippen molar-refractivity contribution in [2.75, 3.05) is 13.1 Å². The van der Waals surface area contributed by atoms with Crippen LogP contribution in [-0.2, 0) is 9.59 Å². The number of imide groups is 1. The second-order valence-electron chi connectivity index (χ2n) is 4.36. The number of amides is 2. The first-order valence-electron chi connectivity index (χ1n) is 5.18. The number of nitrogens with zero attached hydrogens (tertiary/aromatic N) is 2. The normalized spacial score (nSPS) is 24.9. The second-order valence-corrected chi connectivity index (χ2v) is 4.36. The molecule has 0 aromatic rings. The molecule has 2 amide bonds. The Morgan fingerprint density at radius 3 is 2.07 bits per heavy atom. The summed E-state index contributed by atoms with van der Waals surface area (Å²) in [7, 11) is 0. The summed E-state index contributed by atoms with van der Waals surface area (Å²) in [5.74, 6) is 0.0341. The lowest BCUT2D eigenvalue weighted by atomic mass is 10.1. The number of hydrogen-bond acceptors (Lipinski definition) is 3. The van der Waals surface area contributed by atoms with Gasteiger partial charge in [-0.25, -0.2) is 0 Å². The van der Waals surface area contributed by atoms with Crippen LogP contribution in [0.3, 0.4) is 0 Å². The van der Waals surface area contributed by atoms with Crippen molar-refractivity contribution in [1.82, 2.24) is 9.80 Å². The molecule has 0 aliphatic carbocycles. The van der Waals surface area contributed by atoms with E-state index in [1.54, 1.807) is 0 Å². The van der Waals surface area contributed by atoms with Crippen molar-refractivity contribution in [3.8, 4) is 0 Å². The van der Waals surface area contributed by atoms with E-state index in [1.165, 1.54) is 4.90 Å². The molecule has 0 aromatic carbocycles. The first kappa shape index (κ1) is 9.65. The maximum atomic E-state index is 11.4. The summed E-state index contributed by atoms with van der Waals surface area (Å²) < 4.78 is 0. The van der Waals surface area contributed by atoms with Gasteiger partial charge in [0.05, 0.1) is 6.04 Å². The van der Waals surface area contributed by atoms with Crippen LogP contribution < -0.4 is 0 Å². The van der Waals surface area contributed by atoms with Gasteiger partial charge in [0.25, 0.3) is 0 Å². The average molecular weight is 196 g/mol. The lowest BCUT2D eigenvalue weighted by Gasteiger charge is -2.45. The van der Waals surface area contributed by atoms with Crippen molar-refractivity contribution in [2.45, 2.75) is 38.8 Å². The Bertz CT molecular complexity index is 253. The van der Waals surface area contributed by atoms with Crippen LogP contribution in [0.5, 0.6) is 0 Å². The van der Waals surface area contributed by atoms with Crippen LogP contribution in [0.2, 0.25) is 0 Å². The van der Waals surface area contributed by atoms with E-state index in [0.29, 0.717) is 18.9 Å². The molecule has 4 heteroatoms. The molecular weight excluding hydrogens is 180 g/mol. The van der Waals surface area contributed by atoms with Crippen molar-refractivity contribution in [3.63, 3.8) is 0 Å². The van der Waals surface area contributed by atoms with Crippen molar-refractivity contribution < 1.29 is 9.59 Å². The van der Waals surface area contributed by atoms with Crippen molar-refractivity contribution in [1.29, 1.82) is 0 Å². The molecule has 0 atom stereocenters. The van der Waals surface area contributed by atoms with Crippen LogP contribution in [0.1, 0.15) is 26.7 Å². The van der Waals surface area contributed by atoms with E-state index in [4.69, 9.17) is 0 Å². The third-order valence-electron chi connectivity index (χ3n) is 3.08. The van der Waals surface area contributed by atoms with Crippen molar-refractivity contribution in [2.24, 2.45) is 0 Å². The molecule has 2 fully saturated rings. The highest BCUT2D eigenvalue weighted by Crippen LogP contribution is 2.23. The molecule has 2 rings (SSSR count). The molecule has 0 N–H and O–H groups in total. The van der Waals surface area contributed by atoms with Crippen LogP contribution in [0.4, 0.5) is 0 Å². The van der Waals surface area contributed by atoms with Gasteiger partial charge in [0, 0.05) is 32.0 Å². The van der Waals surface area contributed by atoms with Gasteiger partial charge in [-0.3, -0.25) is 19.4 Å². The predicted molar refractivity (Wildman–Crippen MR) is 51.6 cm³/mol. The third kappa shape index (κ3) is 1.43. The Morgan fingerprint density at radius 2 is 1.64 bits per heavy atom. The summed E-state index contributed by atoms with van der Waals surface area (Å²) in [6, 6.07) is 0.666. The molecule has 0 aromatic heterocycles. The molecule has 0 spiro atoms. The number of likely N-dealkylation sites (tertiary alicyclic amines) is 2. The summed E-state index contributed by atoms with van der Waals surface area (Å²) >= 11 is 0. The van der Waals surface area contributed by atoms with Crippen LogP contribution in [0, 0.1) is 0 Å². The Labute approximate surface area is 83.9 Å². The minimum atomic E-state index is 0.0170. The van der Waals surface area contributed by atoms with Gasteiger partial charge in [0.15, 0.2) is 0 Å². The zero-order chi connectivity index (χ0) is 10.3.